The standard InChI is InChI=1S/C18H18F3N3O/c1-12(17(25)24-10-8-13-5-2-3-7-16(13)24)23-11-15-14(18(19,20)21)6-4-9-22-15/h2-7,9,12,23H,8,10-11H2,1H3/t12-/m0/s1. The van der Waals surface area contributed by atoms with Crippen molar-refractivity contribution < 1.29 is 18.0 Å². The van der Waals surface area contributed by atoms with Gasteiger partial charge in [0.2, 0.25) is 5.91 Å². The topological polar surface area (TPSA) is 45.2 Å². The van der Waals surface area contributed by atoms with Gasteiger partial charge in [-0.25, -0.2) is 0 Å². The molecule has 1 aliphatic heterocycles. The Hall–Kier alpha value is -2.41. The minimum absolute atomic E-state index is 0.114. The molecule has 132 valence electrons. The molecule has 0 bridgehead atoms. The molecule has 2 aromatic rings. The predicted molar refractivity (Wildman–Crippen MR) is 88.0 cm³/mol. The molecule has 0 unspecified atom stereocenters. The lowest BCUT2D eigenvalue weighted by Gasteiger charge is -2.22. The zero-order valence-corrected chi connectivity index (χ0v) is 13.7. The molecule has 0 fully saturated rings. The third-order valence-electron chi connectivity index (χ3n) is 4.29. The second kappa shape index (κ2) is 6.84. The number of rotatable bonds is 4. The number of fused-ring (bicyclic) bond motifs is 1. The van der Waals surface area contributed by atoms with Crippen molar-refractivity contribution in [3.63, 3.8) is 0 Å². The lowest BCUT2D eigenvalue weighted by atomic mass is 10.1. The van der Waals surface area contributed by atoms with Gasteiger partial charge in [-0.1, -0.05) is 18.2 Å². The highest BCUT2D eigenvalue weighted by Crippen LogP contribution is 2.31. The predicted octanol–water partition coefficient (Wildman–Crippen LogP) is 3.17. The van der Waals surface area contributed by atoms with E-state index in [1.54, 1.807) is 11.8 Å². The van der Waals surface area contributed by atoms with Crippen LogP contribution in [0.1, 0.15) is 23.7 Å². The summed E-state index contributed by atoms with van der Waals surface area (Å²) in [5.74, 6) is -0.158. The first-order valence-electron chi connectivity index (χ1n) is 8.01. The number of nitrogens with zero attached hydrogens (tertiary/aromatic N) is 2. The third kappa shape index (κ3) is 3.66. The van der Waals surface area contributed by atoms with Crippen LogP contribution in [0, 0.1) is 0 Å². The number of anilines is 1. The maximum atomic E-state index is 13.0. The molecule has 1 aromatic heterocycles. The Balaban J connectivity index is 1.68. The average molecular weight is 349 g/mol. The number of hydrogen-bond donors (Lipinski definition) is 1. The molecule has 1 aromatic carbocycles. The van der Waals surface area contributed by atoms with Crippen molar-refractivity contribution in [2.45, 2.75) is 32.1 Å². The first kappa shape index (κ1) is 17.4. The highest BCUT2D eigenvalue weighted by atomic mass is 19.4. The van der Waals surface area contributed by atoms with Crippen LogP contribution in [0.4, 0.5) is 18.9 Å². The zero-order valence-electron chi connectivity index (χ0n) is 13.7. The summed E-state index contributed by atoms with van der Waals surface area (Å²) in [6, 6.07) is 9.28. The van der Waals surface area contributed by atoms with Crippen molar-refractivity contribution in [2.75, 3.05) is 11.4 Å². The molecule has 1 atom stereocenters. The van der Waals surface area contributed by atoms with E-state index in [0.29, 0.717) is 6.54 Å². The van der Waals surface area contributed by atoms with Gasteiger partial charge in [-0.3, -0.25) is 9.78 Å². The van der Waals surface area contributed by atoms with Crippen LogP contribution < -0.4 is 10.2 Å². The van der Waals surface area contributed by atoms with Gasteiger partial charge in [0, 0.05) is 25.0 Å². The molecule has 1 amide bonds. The Labute approximate surface area is 143 Å². The van der Waals surface area contributed by atoms with E-state index >= 15 is 0 Å². The smallest absolute Gasteiger partial charge is 0.310 e. The van der Waals surface area contributed by atoms with Gasteiger partial charge >= 0.3 is 6.18 Å². The summed E-state index contributed by atoms with van der Waals surface area (Å²) in [6.45, 7) is 2.11. The molecule has 25 heavy (non-hydrogen) atoms. The van der Waals surface area contributed by atoms with Gasteiger partial charge in [0.1, 0.15) is 0 Å². The number of nitrogens with one attached hydrogen (secondary N) is 1. The van der Waals surface area contributed by atoms with Gasteiger partial charge in [0.15, 0.2) is 0 Å². The number of alkyl halides is 3. The third-order valence-corrected chi connectivity index (χ3v) is 4.29. The molecule has 3 rings (SSSR count). The molecular formula is C18H18F3N3O. The first-order chi connectivity index (χ1) is 11.9. The molecule has 2 heterocycles. The largest absolute Gasteiger partial charge is 0.418 e. The molecule has 7 heteroatoms. The quantitative estimate of drug-likeness (QED) is 0.922. The number of amides is 1. The van der Waals surface area contributed by atoms with E-state index in [-0.39, 0.29) is 18.1 Å². The van der Waals surface area contributed by atoms with E-state index in [2.05, 4.69) is 10.3 Å². The van der Waals surface area contributed by atoms with Crippen LogP contribution in [0.2, 0.25) is 0 Å². The van der Waals surface area contributed by atoms with Crippen LogP contribution in [0.3, 0.4) is 0 Å². The summed E-state index contributed by atoms with van der Waals surface area (Å²) in [4.78, 5) is 18.1. The Morgan fingerprint density at radius 3 is 2.80 bits per heavy atom. The summed E-state index contributed by atoms with van der Waals surface area (Å²) < 4.78 is 39.0. The number of carbonyl (C=O) groups is 1. The van der Waals surface area contributed by atoms with Gasteiger partial charge < -0.3 is 10.2 Å². The van der Waals surface area contributed by atoms with E-state index in [4.69, 9.17) is 0 Å². The molecule has 0 spiro atoms. The van der Waals surface area contributed by atoms with E-state index in [1.165, 1.54) is 12.3 Å². The monoisotopic (exact) mass is 349 g/mol. The first-order valence-corrected chi connectivity index (χ1v) is 8.01. The van der Waals surface area contributed by atoms with Crippen LogP contribution >= 0.6 is 0 Å². The highest BCUT2D eigenvalue weighted by molar-refractivity contribution is 5.98. The van der Waals surface area contributed by atoms with Crippen LogP contribution in [0.5, 0.6) is 0 Å². The SMILES string of the molecule is C[C@H](NCc1ncccc1C(F)(F)F)C(=O)N1CCc2ccccc21. The van der Waals surface area contributed by atoms with Gasteiger partial charge in [-0.05, 0) is 37.1 Å². The normalized spacial score (nSPS) is 15.1. The number of para-hydroxylation sites is 1. The number of pyridine rings is 1. The number of carbonyl (C=O) groups excluding carboxylic acids is 1. The van der Waals surface area contributed by atoms with Crippen LogP contribution in [-0.2, 0) is 23.9 Å². The van der Waals surface area contributed by atoms with E-state index in [9.17, 15) is 18.0 Å². The van der Waals surface area contributed by atoms with Gasteiger partial charge in [0.25, 0.3) is 0 Å². The Morgan fingerprint density at radius 1 is 1.28 bits per heavy atom. The fourth-order valence-electron chi connectivity index (χ4n) is 2.97. The fraction of sp³-hybridized carbons (Fsp3) is 0.333. The molecular weight excluding hydrogens is 331 g/mol. The van der Waals surface area contributed by atoms with Crippen LogP contribution in [0.25, 0.3) is 0 Å². The van der Waals surface area contributed by atoms with Gasteiger partial charge in [-0.15, -0.1) is 0 Å². The Morgan fingerprint density at radius 2 is 2.04 bits per heavy atom. The van der Waals surface area contributed by atoms with Crippen LogP contribution in [0.15, 0.2) is 42.6 Å². The maximum absolute atomic E-state index is 13.0. The lowest BCUT2D eigenvalue weighted by molar-refractivity contribution is -0.138. The summed E-state index contributed by atoms with van der Waals surface area (Å²) in [6.07, 6.45) is -2.37. The Kier molecular flexibility index (Phi) is 4.76. The van der Waals surface area contributed by atoms with Crippen LogP contribution in [-0.4, -0.2) is 23.5 Å². The number of halogens is 3. The second-order valence-corrected chi connectivity index (χ2v) is 5.97. The van der Waals surface area contributed by atoms with Crippen molar-refractivity contribution in [1.29, 1.82) is 0 Å². The fourth-order valence-corrected chi connectivity index (χ4v) is 2.97. The summed E-state index contributed by atoms with van der Waals surface area (Å²) in [7, 11) is 0. The van der Waals surface area contributed by atoms with E-state index < -0.39 is 17.8 Å². The molecule has 4 nitrogen and oxygen atoms in total. The minimum Gasteiger partial charge on any atom is -0.310 e. The highest BCUT2D eigenvalue weighted by Gasteiger charge is 2.34. The molecule has 0 saturated heterocycles. The zero-order chi connectivity index (χ0) is 18.0. The average Bonchev–Trinajstić information content (AvgIpc) is 3.02. The molecule has 0 saturated carbocycles. The molecule has 1 aliphatic rings. The van der Waals surface area contributed by atoms with E-state index in [1.807, 2.05) is 24.3 Å². The Bertz CT molecular complexity index is 776. The van der Waals surface area contributed by atoms with Crippen molar-refractivity contribution in [1.82, 2.24) is 10.3 Å². The summed E-state index contributed by atoms with van der Waals surface area (Å²) in [5.41, 5.74) is 1.08. The van der Waals surface area contributed by atoms with Crippen molar-refractivity contribution >= 4 is 11.6 Å². The van der Waals surface area contributed by atoms with Crippen molar-refractivity contribution in [2.24, 2.45) is 0 Å². The maximum Gasteiger partial charge on any atom is 0.418 e. The number of aromatic nitrogens is 1. The van der Waals surface area contributed by atoms with Crippen molar-refractivity contribution in [3.05, 3.63) is 59.4 Å². The van der Waals surface area contributed by atoms with Gasteiger partial charge in [-0.2, -0.15) is 13.2 Å². The lowest BCUT2D eigenvalue weighted by Crippen LogP contribution is -2.44. The number of benzene rings is 1. The van der Waals surface area contributed by atoms with E-state index in [0.717, 1.165) is 23.7 Å². The molecule has 0 aliphatic carbocycles. The minimum atomic E-state index is -4.47. The second-order valence-electron chi connectivity index (χ2n) is 5.97. The molecule has 1 N–H and O–H groups in total. The summed E-state index contributed by atoms with van der Waals surface area (Å²) >= 11 is 0. The summed E-state index contributed by atoms with van der Waals surface area (Å²) in [5, 5.41) is 2.87. The van der Waals surface area contributed by atoms with Crippen molar-refractivity contribution in [3.8, 4) is 0 Å². The van der Waals surface area contributed by atoms with Gasteiger partial charge in [0.05, 0.1) is 17.3 Å². The number of hydrogen-bond acceptors (Lipinski definition) is 3. The molecule has 0 radical (unpaired) electrons.